The fraction of sp³-hybridized carbons (Fsp3) is 1.00. The van der Waals surface area contributed by atoms with Crippen LogP contribution in [0.15, 0.2) is 0 Å². The number of nitrogens with one attached hydrogen (secondary N) is 3. The Bertz CT molecular complexity index is 1100. The molecule has 5 fully saturated rings. The summed E-state index contributed by atoms with van der Waals surface area (Å²) in [5.41, 5.74) is 29.7. The van der Waals surface area contributed by atoms with E-state index in [1.54, 1.807) is 0 Å². The maximum absolute atomic E-state index is 11.7. The number of hydrogen-bond donors (Lipinski definition) is 15. The monoisotopic (exact) mass is 768 g/mol. The average Bonchev–Trinajstić information content (AvgIpc) is 3.44. The van der Waals surface area contributed by atoms with E-state index in [2.05, 4.69) is 16.0 Å². The van der Waals surface area contributed by atoms with Crippen molar-refractivity contribution in [2.75, 3.05) is 52.4 Å². The Morgan fingerprint density at radius 1 is 0.792 bits per heavy atom. The predicted molar refractivity (Wildman–Crippen MR) is 185 cm³/mol. The van der Waals surface area contributed by atoms with E-state index in [4.69, 9.17) is 57.1 Å². The van der Waals surface area contributed by atoms with Gasteiger partial charge in [0.2, 0.25) is 0 Å². The smallest absolute Gasteiger partial charge is 0.187 e. The molecule has 53 heavy (non-hydrogen) atoms. The first-order chi connectivity index (χ1) is 25.3. The Morgan fingerprint density at radius 3 is 2.15 bits per heavy atom. The van der Waals surface area contributed by atoms with Crippen molar-refractivity contribution < 1.29 is 64.2 Å². The standard InChI is InChI=1S/C32H64N8O13/c33-8-14(42)10-40-18-7-17(36)26(51-29-16(35)2-1-15(48-29)11-39-13-32(47)3-5-38-6-4-32)28(22(18)43)53-31-25(46)27(20(12-41)50-31)52-30-21(37)24(45)23(44)19(9-34)49-30/h14-31,38-47H,1-13,33-37H2/t14?,15-,16+,17-,18+,19-,20+,21+,22-,23+,24+,25+,26+,27+,28+,29+,30+,31-/m0/s1. The van der Waals surface area contributed by atoms with Gasteiger partial charge in [-0.2, -0.15) is 0 Å². The number of aliphatic hydroxyl groups excluding tert-OH is 6. The second-order valence-corrected chi connectivity index (χ2v) is 15.1. The lowest BCUT2D eigenvalue weighted by molar-refractivity contribution is -0.290. The molecule has 1 saturated carbocycles. The molecule has 0 aromatic heterocycles. The molecule has 1 aliphatic carbocycles. The van der Waals surface area contributed by atoms with E-state index in [0.29, 0.717) is 38.8 Å². The third-order valence-electron chi connectivity index (χ3n) is 11.1. The maximum Gasteiger partial charge on any atom is 0.187 e. The highest BCUT2D eigenvalue weighted by Crippen LogP contribution is 2.34. The lowest BCUT2D eigenvalue weighted by Gasteiger charge is -2.47. The van der Waals surface area contributed by atoms with Crippen LogP contribution < -0.4 is 44.6 Å². The summed E-state index contributed by atoms with van der Waals surface area (Å²) in [6.45, 7) is 1.60. The molecule has 20 N–H and O–H groups in total. The third kappa shape index (κ3) is 10.6. The van der Waals surface area contributed by atoms with Gasteiger partial charge < -0.3 is 109 Å². The van der Waals surface area contributed by atoms with Crippen LogP contribution in [0.1, 0.15) is 32.1 Å². The van der Waals surface area contributed by atoms with Gasteiger partial charge in [-0.05, 0) is 45.2 Å². The second kappa shape index (κ2) is 19.5. The highest BCUT2D eigenvalue weighted by atomic mass is 16.8. The molecule has 4 aliphatic heterocycles. The highest BCUT2D eigenvalue weighted by Gasteiger charge is 2.54. The minimum atomic E-state index is -1.59. The van der Waals surface area contributed by atoms with Crippen LogP contribution >= 0.6 is 0 Å². The Balaban J connectivity index is 1.28. The Hall–Kier alpha value is -0.840. The molecule has 21 nitrogen and oxygen atoms in total. The fourth-order valence-corrected chi connectivity index (χ4v) is 7.70. The average molecular weight is 769 g/mol. The minimum Gasteiger partial charge on any atom is -0.394 e. The van der Waals surface area contributed by atoms with Gasteiger partial charge in [-0.25, -0.2) is 0 Å². The zero-order chi connectivity index (χ0) is 38.4. The second-order valence-electron chi connectivity index (χ2n) is 15.1. The summed E-state index contributed by atoms with van der Waals surface area (Å²) in [5.74, 6) is 0. The first-order valence-electron chi connectivity index (χ1n) is 18.8. The predicted octanol–water partition coefficient (Wildman–Crippen LogP) is -8.14. The quantitative estimate of drug-likeness (QED) is 0.0693. The summed E-state index contributed by atoms with van der Waals surface area (Å²) in [7, 11) is 0. The molecule has 310 valence electrons. The molecule has 4 saturated heterocycles. The van der Waals surface area contributed by atoms with Gasteiger partial charge in [0.05, 0.1) is 42.6 Å². The minimum absolute atomic E-state index is 0.0145. The van der Waals surface area contributed by atoms with Crippen molar-refractivity contribution in [3.8, 4) is 0 Å². The van der Waals surface area contributed by atoms with Gasteiger partial charge in [0, 0.05) is 44.8 Å². The van der Waals surface area contributed by atoms with E-state index < -0.39 is 116 Å². The van der Waals surface area contributed by atoms with Gasteiger partial charge in [0.1, 0.15) is 48.8 Å². The number of ether oxygens (including phenoxy) is 6. The van der Waals surface area contributed by atoms with E-state index in [0.717, 1.165) is 13.1 Å². The fourth-order valence-electron chi connectivity index (χ4n) is 7.70. The Labute approximate surface area is 309 Å². The van der Waals surface area contributed by atoms with Crippen molar-refractivity contribution in [1.29, 1.82) is 0 Å². The number of nitrogens with two attached hydrogens (primary N) is 5. The molecular formula is C32H64N8O13. The van der Waals surface area contributed by atoms with Crippen molar-refractivity contribution >= 4 is 0 Å². The van der Waals surface area contributed by atoms with Crippen molar-refractivity contribution in [1.82, 2.24) is 16.0 Å². The molecule has 0 amide bonds. The summed E-state index contributed by atoms with van der Waals surface area (Å²) < 4.78 is 36.4. The van der Waals surface area contributed by atoms with Gasteiger partial charge in [-0.3, -0.25) is 0 Å². The van der Waals surface area contributed by atoms with Crippen LogP contribution in [-0.2, 0) is 28.4 Å². The van der Waals surface area contributed by atoms with Crippen molar-refractivity contribution in [3.05, 3.63) is 0 Å². The van der Waals surface area contributed by atoms with E-state index in [-0.39, 0.29) is 32.2 Å². The summed E-state index contributed by atoms with van der Waals surface area (Å²) in [6, 6.07) is -3.26. The lowest BCUT2D eigenvalue weighted by atomic mass is 9.83. The third-order valence-corrected chi connectivity index (χ3v) is 11.1. The van der Waals surface area contributed by atoms with Gasteiger partial charge in [-0.1, -0.05) is 0 Å². The van der Waals surface area contributed by atoms with Gasteiger partial charge >= 0.3 is 0 Å². The molecule has 18 atom stereocenters. The van der Waals surface area contributed by atoms with Crippen LogP contribution in [0.2, 0.25) is 0 Å². The molecule has 5 rings (SSSR count). The van der Waals surface area contributed by atoms with Crippen molar-refractivity contribution in [3.63, 3.8) is 0 Å². The van der Waals surface area contributed by atoms with E-state index >= 15 is 0 Å². The first-order valence-corrected chi connectivity index (χ1v) is 18.8. The molecule has 4 heterocycles. The number of hydrogen-bond acceptors (Lipinski definition) is 21. The zero-order valence-corrected chi connectivity index (χ0v) is 30.1. The summed E-state index contributed by atoms with van der Waals surface area (Å²) in [4.78, 5) is 0. The number of piperidine rings is 1. The molecule has 5 aliphatic rings. The van der Waals surface area contributed by atoms with Crippen LogP contribution in [0.5, 0.6) is 0 Å². The van der Waals surface area contributed by atoms with E-state index in [1.165, 1.54) is 0 Å². The summed E-state index contributed by atoms with van der Waals surface area (Å²) in [6.07, 6.45) is -13.8. The summed E-state index contributed by atoms with van der Waals surface area (Å²) >= 11 is 0. The molecule has 0 bridgehead atoms. The maximum atomic E-state index is 11.7. The van der Waals surface area contributed by atoms with Gasteiger partial charge in [0.15, 0.2) is 18.9 Å². The van der Waals surface area contributed by atoms with Crippen molar-refractivity contribution in [2.45, 2.75) is 148 Å². The number of rotatable bonds is 16. The normalized spacial score (nSPS) is 45.6. The van der Waals surface area contributed by atoms with Crippen LogP contribution in [0, 0.1) is 0 Å². The highest BCUT2D eigenvalue weighted by molar-refractivity contribution is 5.02. The lowest BCUT2D eigenvalue weighted by Crippen LogP contribution is -2.66. The molecule has 0 aromatic carbocycles. The Kier molecular flexibility index (Phi) is 16.0. The van der Waals surface area contributed by atoms with Crippen LogP contribution in [0.3, 0.4) is 0 Å². The SMILES string of the molecule is NCC(O)CN[C@@H]1C[C@H](N)[C@@H](O[C@H]2O[C@H](CNCC3(O)CCNCC3)CC[C@H]2N)[C@H](O[C@@H]2O[C@H](CO)[C@@H](O[C@H]3O[C@@H](CN)[C@@H](O)[C@H](O)[C@H]3N)[C@H]2O)[C@H]1O. The molecule has 0 aromatic rings. The zero-order valence-electron chi connectivity index (χ0n) is 30.1. The topological polar surface area (TPSA) is 363 Å². The van der Waals surface area contributed by atoms with Crippen LogP contribution in [-0.4, -0.2) is 204 Å². The molecule has 0 radical (unpaired) electrons. The number of aliphatic hydroxyl groups is 7. The van der Waals surface area contributed by atoms with Crippen LogP contribution in [0.4, 0.5) is 0 Å². The largest absolute Gasteiger partial charge is 0.394 e. The summed E-state index contributed by atoms with van der Waals surface area (Å²) in [5, 5.41) is 84.6. The van der Waals surface area contributed by atoms with E-state index in [9.17, 15) is 35.7 Å². The Morgan fingerprint density at radius 2 is 1.47 bits per heavy atom. The van der Waals surface area contributed by atoms with Gasteiger partial charge in [-0.15, -0.1) is 0 Å². The molecule has 21 heteroatoms. The van der Waals surface area contributed by atoms with Crippen molar-refractivity contribution in [2.24, 2.45) is 28.7 Å². The molecular weight excluding hydrogens is 704 g/mol. The van der Waals surface area contributed by atoms with E-state index in [1.807, 2.05) is 0 Å². The molecule has 0 spiro atoms. The van der Waals surface area contributed by atoms with Gasteiger partial charge in [0.25, 0.3) is 0 Å². The molecule has 1 unspecified atom stereocenters. The van der Waals surface area contributed by atoms with Crippen LogP contribution in [0.25, 0.3) is 0 Å². The first kappa shape index (κ1) is 43.3.